The van der Waals surface area contributed by atoms with E-state index in [1.807, 2.05) is 26.8 Å². The van der Waals surface area contributed by atoms with E-state index in [-0.39, 0.29) is 6.61 Å². The Morgan fingerprint density at radius 3 is 2.36 bits per heavy atom. The number of hydrogen-bond acceptors (Lipinski definition) is 2. The normalized spacial score (nSPS) is 10.6. The Morgan fingerprint density at radius 1 is 1.14 bits per heavy atom. The molecular formula is C12H18O2. The van der Waals surface area contributed by atoms with Crippen LogP contribution in [0.5, 0.6) is 5.75 Å². The van der Waals surface area contributed by atoms with Gasteiger partial charge in [-0.1, -0.05) is 6.07 Å². The van der Waals surface area contributed by atoms with E-state index in [4.69, 9.17) is 5.11 Å². The third-order valence-electron chi connectivity index (χ3n) is 2.77. The van der Waals surface area contributed by atoms with Crippen LogP contribution in [0.3, 0.4) is 0 Å². The molecule has 0 amide bonds. The van der Waals surface area contributed by atoms with Crippen molar-refractivity contribution in [1.29, 1.82) is 0 Å². The number of aromatic hydroxyl groups is 1. The van der Waals surface area contributed by atoms with E-state index in [1.165, 1.54) is 5.56 Å². The van der Waals surface area contributed by atoms with Crippen LogP contribution in [0.25, 0.3) is 0 Å². The molecule has 0 saturated heterocycles. The highest BCUT2D eigenvalue weighted by atomic mass is 16.3. The Balaban J connectivity index is 3.06. The molecule has 2 heteroatoms. The summed E-state index contributed by atoms with van der Waals surface area (Å²) < 4.78 is 0. The average molecular weight is 194 g/mol. The van der Waals surface area contributed by atoms with Crippen LogP contribution < -0.4 is 0 Å². The Bertz CT molecular complexity index is 330. The van der Waals surface area contributed by atoms with E-state index in [0.717, 1.165) is 29.5 Å². The lowest BCUT2D eigenvalue weighted by Crippen LogP contribution is -1.97. The first-order chi connectivity index (χ1) is 6.57. The zero-order valence-electron chi connectivity index (χ0n) is 9.09. The quantitative estimate of drug-likeness (QED) is 0.774. The van der Waals surface area contributed by atoms with Crippen LogP contribution in [0, 0.1) is 20.8 Å². The largest absolute Gasteiger partial charge is 0.507 e. The molecule has 78 valence electrons. The number of rotatable bonds is 3. The molecule has 2 nitrogen and oxygen atoms in total. The Kier molecular flexibility index (Phi) is 3.53. The number of aliphatic hydroxyl groups excluding tert-OH is 1. The van der Waals surface area contributed by atoms with Crippen LogP contribution in [-0.4, -0.2) is 16.8 Å². The third-order valence-corrected chi connectivity index (χ3v) is 2.77. The van der Waals surface area contributed by atoms with E-state index in [2.05, 4.69) is 0 Å². The fourth-order valence-corrected chi connectivity index (χ4v) is 1.68. The van der Waals surface area contributed by atoms with E-state index >= 15 is 0 Å². The Hall–Kier alpha value is -1.02. The van der Waals surface area contributed by atoms with Gasteiger partial charge < -0.3 is 10.2 Å². The smallest absolute Gasteiger partial charge is 0.121 e. The van der Waals surface area contributed by atoms with Crippen molar-refractivity contribution in [3.8, 4) is 5.75 Å². The fourth-order valence-electron chi connectivity index (χ4n) is 1.68. The maximum Gasteiger partial charge on any atom is 0.121 e. The van der Waals surface area contributed by atoms with E-state index < -0.39 is 0 Å². The minimum atomic E-state index is 0.221. The highest BCUT2D eigenvalue weighted by Crippen LogP contribution is 2.27. The number of hydrogen-bond donors (Lipinski definition) is 2. The van der Waals surface area contributed by atoms with Crippen LogP contribution in [0.1, 0.15) is 28.7 Å². The van der Waals surface area contributed by atoms with Crippen LogP contribution in [-0.2, 0) is 6.42 Å². The monoisotopic (exact) mass is 194 g/mol. The predicted octanol–water partition coefficient (Wildman–Crippen LogP) is 2.24. The topological polar surface area (TPSA) is 40.5 Å². The summed E-state index contributed by atoms with van der Waals surface area (Å²) in [5.41, 5.74) is 4.24. The van der Waals surface area contributed by atoms with E-state index in [9.17, 15) is 5.11 Å². The third kappa shape index (κ3) is 2.07. The molecule has 0 radical (unpaired) electrons. The van der Waals surface area contributed by atoms with Gasteiger partial charge in [-0.2, -0.15) is 0 Å². The molecule has 1 aromatic carbocycles. The van der Waals surface area contributed by atoms with Gasteiger partial charge in [-0.3, -0.25) is 0 Å². The molecule has 1 rings (SSSR count). The molecule has 2 N–H and O–H groups in total. The van der Waals surface area contributed by atoms with Crippen molar-refractivity contribution in [3.63, 3.8) is 0 Å². The van der Waals surface area contributed by atoms with Gasteiger partial charge >= 0.3 is 0 Å². The molecule has 0 aliphatic heterocycles. The molecule has 0 unspecified atom stereocenters. The Morgan fingerprint density at radius 2 is 1.79 bits per heavy atom. The molecule has 0 bridgehead atoms. The molecule has 0 saturated carbocycles. The van der Waals surface area contributed by atoms with Gasteiger partial charge in [0.15, 0.2) is 0 Å². The van der Waals surface area contributed by atoms with Crippen molar-refractivity contribution in [2.24, 2.45) is 0 Å². The highest BCUT2D eigenvalue weighted by molar-refractivity contribution is 5.48. The van der Waals surface area contributed by atoms with Crippen molar-refractivity contribution in [2.45, 2.75) is 33.6 Å². The summed E-state index contributed by atoms with van der Waals surface area (Å²) in [6.07, 6.45) is 1.66. The maximum atomic E-state index is 9.69. The number of phenols is 1. The van der Waals surface area contributed by atoms with Crippen LogP contribution in [0.15, 0.2) is 6.07 Å². The van der Waals surface area contributed by atoms with Gasteiger partial charge in [-0.25, -0.2) is 0 Å². The molecule has 0 aliphatic carbocycles. The summed E-state index contributed by atoms with van der Waals surface area (Å²) in [5.74, 6) is 0.398. The molecule has 0 atom stereocenters. The summed E-state index contributed by atoms with van der Waals surface area (Å²) in [6.45, 7) is 6.07. The second-order valence-electron chi connectivity index (χ2n) is 3.78. The van der Waals surface area contributed by atoms with Crippen molar-refractivity contribution in [1.82, 2.24) is 0 Å². The molecular weight excluding hydrogens is 176 g/mol. The van der Waals surface area contributed by atoms with Gasteiger partial charge in [-0.05, 0) is 55.9 Å². The second-order valence-corrected chi connectivity index (χ2v) is 3.78. The standard InChI is InChI=1S/C12H18O2/c1-8-7-11(5-4-6-13)9(2)10(3)12(8)14/h7,13-14H,4-6H2,1-3H3. The molecule has 1 aromatic rings. The van der Waals surface area contributed by atoms with Crippen LogP contribution >= 0.6 is 0 Å². The number of aryl methyl sites for hydroxylation is 2. The second kappa shape index (κ2) is 4.47. The summed E-state index contributed by atoms with van der Waals surface area (Å²) >= 11 is 0. The first-order valence-electron chi connectivity index (χ1n) is 4.97. The van der Waals surface area contributed by atoms with E-state index in [1.54, 1.807) is 0 Å². The molecule has 0 aromatic heterocycles. The van der Waals surface area contributed by atoms with E-state index in [0.29, 0.717) is 5.75 Å². The van der Waals surface area contributed by atoms with Gasteiger partial charge in [-0.15, -0.1) is 0 Å². The molecule has 0 fully saturated rings. The summed E-state index contributed by atoms with van der Waals surface area (Å²) in [4.78, 5) is 0. The van der Waals surface area contributed by atoms with Crippen molar-refractivity contribution >= 4 is 0 Å². The Labute approximate surface area is 85.2 Å². The van der Waals surface area contributed by atoms with Gasteiger partial charge in [0.05, 0.1) is 0 Å². The van der Waals surface area contributed by atoms with Crippen LogP contribution in [0.4, 0.5) is 0 Å². The van der Waals surface area contributed by atoms with Gasteiger partial charge in [0, 0.05) is 6.61 Å². The first-order valence-corrected chi connectivity index (χ1v) is 4.97. The first kappa shape index (κ1) is 11.1. The van der Waals surface area contributed by atoms with Gasteiger partial charge in [0.25, 0.3) is 0 Å². The van der Waals surface area contributed by atoms with Gasteiger partial charge in [0.2, 0.25) is 0 Å². The zero-order valence-corrected chi connectivity index (χ0v) is 9.09. The predicted molar refractivity (Wildman–Crippen MR) is 57.7 cm³/mol. The lowest BCUT2D eigenvalue weighted by Gasteiger charge is -2.12. The molecule has 0 spiro atoms. The zero-order chi connectivity index (χ0) is 10.7. The molecule has 14 heavy (non-hydrogen) atoms. The molecule has 0 aliphatic rings. The van der Waals surface area contributed by atoms with Crippen molar-refractivity contribution < 1.29 is 10.2 Å². The number of aliphatic hydroxyl groups is 1. The SMILES string of the molecule is Cc1cc(CCCO)c(C)c(C)c1O. The number of phenolic OH excluding ortho intramolecular Hbond substituents is 1. The average Bonchev–Trinajstić information content (AvgIpc) is 2.18. The lowest BCUT2D eigenvalue weighted by atomic mass is 9.96. The fraction of sp³-hybridized carbons (Fsp3) is 0.500. The van der Waals surface area contributed by atoms with Crippen molar-refractivity contribution in [2.75, 3.05) is 6.61 Å². The maximum absolute atomic E-state index is 9.69. The summed E-state index contributed by atoms with van der Waals surface area (Å²) in [5, 5.41) is 18.4. The summed E-state index contributed by atoms with van der Waals surface area (Å²) in [7, 11) is 0. The minimum absolute atomic E-state index is 0.221. The minimum Gasteiger partial charge on any atom is -0.507 e. The summed E-state index contributed by atoms with van der Waals surface area (Å²) in [6, 6.07) is 2.01. The highest BCUT2D eigenvalue weighted by Gasteiger charge is 2.08. The van der Waals surface area contributed by atoms with Gasteiger partial charge in [0.1, 0.15) is 5.75 Å². The lowest BCUT2D eigenvalue weighted by molar-refractivity contribution is 0.288. The van der Waals surface area contributed by atoms with Crippen LogP contribution in [0.2, 0.25) is 0 Å². The van der Waals surface area contributed by atoms with Crippen molar-refractivity contribution in [3.05, 3.63) is 28.3 Å². The number of benzene rings is 1. The molecule has 0 heterocycles.